The maximum absolute atomic E-state index is 10.4. The Kier molecular flexibility index (Phi) is 3.77. The van der Waals surface area contributed by atoms with Crippen molar-refractivity contribution >= 4 is 0 Å². The molecule has 0 aliphatic heterocycles. The average molecular weight is 229 g/mol. The van der Waals surface area contributed by atoms with Crippen molar-refractivity contribution in [2.45, 2.75) is 18.9 Å². The molecule has 1 aliphatic rings. The van der Waals surface area contributed by atoms with E-state index in [9.17, 15) is 5.11 Å². The summed E-state index contributed by atoms with van der Waals surface area (Å²) in [6.45, 7) is 0.554. The van der Waals surface area contributed by atoms with Crippen LogP contribution in [0.3, 0.4) is 0 Å². The van der Waals surface area contributed by atoms with Crippen LogP contribution >= 0.6 is 0 Å². The first-order valence-electron chi connectivity index (χ1n) is 6.05. The van der Waals surface area contributed by atoms with Crippen LogP contribution in [-0.4, -0.2) is 11.7 Å². The first-order valence-corrected chi connectivity index (χ1v) is 6.05. The SMILES string of the molecule is NCC1(C(O)c2ccccccccc2)CC1. The van der Waals surface area contributed by atoms with Crippen LogP contribution in [0.25, 0.3) is 0 Å². The predicted octanol–water partition coefficient (Wildman–Crippen LogP) is 2.58. The molecular weight excluding hydrogens is 210 g/mol. The minimum atomic E-state index is -0.454. The maximum atomic E-state index is 10.4. The molecule has 0 radical (unpaired) electrons. The number of aliphatic hydroxyl groups is 1. The Labute approximate surface area is 102 Å². The normalized spacial score (nSPS) is 18.0. The minimum Gasteiger partial charge on any atom is -0.388 e. The van der Waals surface area contributed by atoms with Gasteiger partial charge in [-0.15, -0.1) is 0 Å². The number of aliphatic hydroxyl groups excluding tert-OH is 1. The van der Waals surface area contributed by atoms with Gasteiger partial charge < -0.3 is 10.8 Å². The second-order valence-corrected chi connectivity index (χ2v) is 4.65. The van der Waals surface area contributed by atoms with E-state index in [1.807, 2.05) is 54.6 Å². The third kappa shape index (κ3) is 2.84. The van der Waals surface area contributed by atoms with Crippen LogP contribution in [0.15, 0.2) is 54.6 Å². The number of hydrogen-bond acceptors (Lipinski definition) is 2. The summed E-state index contributed by atoms with van der Waals surface area (Å²) in [5.74, 6) is 0. The van der Waals surface area contributed by atoms with E-state index in [1.54, 1.807) is 0 Å². The molecule has 2 rings (SSSR count). The van der Waals surface area contributed by atoms with Crippen molar-refractivity contribution in [3.8, 4) is 0 Å². The smallest absolute Gasteiger partial charge is 0.0858 e. The van der Waals surface area contributed by atoms with E-state index in [-0.39, 0.29) is 5.41 Å². The highest BCUT2D eigenvalue weighted by Crippen LogP contribution is 2.53. The molecule has 0 heterocycles. The van der Waals surface area contributed by atoms with Gasteiger partial charge in [0, 0.05) is 12.0 Å². The molecule has 1 saturated carbocycles. The summed E-state index contributed by atoms with van der Waals surface area (Å²) in [4.78, 5) is 0. The zero-order valence-corrected chi connectivity index (χ0v) is 9.92. The Balaban J connectivity index is 2.32. The van der Waals surface area contributed by atoms with E-state index in [4.69, 9.17) is 5.73 Å². The summed E-state index contributed by atoms with van der Waals surface area (Å²) in [6, 6.07) is 17.6. The largest absolute Gasteiger partial charge is 0.388 e. The van der Waals surface area contributed by atoms with Gasteiger partial charge in [0.25, 0.3) is 0 Å². The number of nitrogens with two attached hydrogens (primary N) is 1. The molecule has 0 saturated heterocycles. The molecule has 0 bridgehead atoms. The molecule has 17 heavy (non-hydrogen) atoms. The lowest BCUT2D eigenvalue weighted by Crippen LogP contribution is -2.23. The van der Waals surface area contributed by atoms with Gasteiger partial charge in [-0.05, 0) is 18.4 Å². The van der Waals surface area contributed by atoms with E-state index >= 15 is 0 Å². The van der Waals surface area contributed by atoms with Gasteiger partial charge in [-0.3, -0.25) is 0 Å². The van der Waals surface area contributed by atoms with Crippen LogP contribution in [-0.2, 0) is 0 Å². The Morgan fingerprint density at radius 3 is 1.88 bits per heavy atom. The molecule has 0 amide bonds. The standard InChI is InChI=1S/C15H19NO/c16-12-15(10-11-15)14(17)13-8-6-4-2-1-3-5-7-9-13/h1-9,14,17H,10-12,16H2. The zero-order valence-electron chi connectivity index (χ0n) is 9.92. The predicted molar refractivity (Wildman–Crippen MR) is 69.8 cm³/mol. The second-order valence-electron chi connectivity index (χ2n) is 4.65. The Bertz CT molecular complexity index is 400. The molecule has 0 spiro atoms. The van der Waals surface area contributed by atoms with Gasteiger partial charge in [-0.25, -0.2) is 0 Å². The monoisotopic (exact) mass is 229 g/mol. The fourth-order valence-electron chi connectivity index (χ4n) is 2.00. The van der Waals surface area contributed by atoms with Gasteiger partial charge in [0.15, 0.2) is 0 Å². The molecule has 3 N–H and O–H groups in total. The topological polar surface area (TPSA) is 46.2 Å². The van der Waals surface area contributed by atoms with E-state index < -0.39 is 6.10 Å². The first-order chi connectivity index (χ1) is 8.28. The Hall–Kier alpha value is -1.38. The molecule has 1 aromatic carbocycles. The third-order valence-corrected chi connectivity index (χ3v) is 3.44. The summed E-state index contributed by atoms with van der Waals surface area (Å²) < 4.78 is 0. The van der Waals surface area contributed by atoms with Crippen LogP contribution < -0.4 is 5.73 Å². The molecular formula is C15H19NO. The first kappa shape index (κ1) is 12.1. The molecule has 0 aromatic heterocycles. The van der Waals surface area contributed by atoms with E-state index in [2.05, 4.69) is 0 Å². The fraction of sp³-hybridized carbons (Fsp3) is 0.333. The molecule has 1 fully saturated rings. The fourth-order valence-corrected chi connectivity index (χ4v) is 2.00. The van der Waals surface area contributed by atoms with Crippen molar-refractivity contribution in [2.75, 3.05) is 6.54 Å². The third-order valence-electron chi connectivity index (χ3n) is 3.44. The summed E-state index contributed by atoms with van der Waals surface area (Å²) in [5, 5.41) is 10.4. The van der Waals surface area contributed by atoms with Crippen LogP contribution in [0.1, 0.15) is 24.5 Å². The second kappa shape index (κ2) is 5.30. The highest BCUT2D eigenvalue weighted by molar-refractivity contribution is 5.20. The number of rotatable bonds is 3. The van der Waals surface area contributed by atoms with Crippen molar-refractivity contribution in [3.05, 3.63) is 60.2 Å². The Morgan fingerprint density at radius 2 is 1.47 bits per heavy atom. The average Bonchev–Trinajstić information content (AvgIpc) is 3.16. The Morgan fingerprint density at radius 1 is 1.00 bits per heavy atom. The molecule has 1 unspecified atom stereocenters. The van der Waals surface area contributed by atoms with Crippen LogP contribution in [0.2, 0.25) is 0 Å². The molecule has 2 nitrogen and oxygen atoms in total. The number of hydrogen-bond donors (Lipinski definition) is 2. The summed E-state index contributed by atoms with van der Waals surface area (Å²) in [7, 11) is 0. The molecule has 90 valence electrons. The van der Waals surface area contributed by atoms with Crippen molar-refractivity contribution in [3.63, 3.8) is 0 Å². The van der Waals surface area contributed by atoms with Crippen molar-refractivity contribution in [2.24, 2.45) is 11.1 Å². The van der Waals surface area contributed by atoms with E-state index in [1.165, 1.54) is 0 Å². The van der Waals surface area contributed by atoms with Crippen LogP contribution in [0, 0.1) is 5.41 Å². The van der Waals surface area contributed by atoms with Crippen LogP contribution in [0.4, 0.5) is 0 Å². The van der Waals surface area contributed by atoms with Gasteiger partial charge in [0.1, 0.15) is 0 Å². The lowest BCUT2D eigenvalue weighted by molar-refractivity contribution is 0.0976. The molecule has 1 atom stereocenters. The maximum Gasteiger partial charge on any atom is 0.0858 e. The highest BCUT2D eigenvalue weighted by atomic mass is 16.3. The molecule has 1 aliphatic carbocycles. The van der Waals surface area contributed by atoms with Crippen molar-refractivity contribution in [1.82, 2.24) is 0 Å². The van der Waals surface area contributed by atoms with Crippen molar-refractivity contribution < 1.29 is 5.11 Å². The summed E-state index contributed by atoms with van der Waals surface area (Å²) >= 11 is 0. The lowest BCUT2D eigenvalue weighted by atomic mass is 9.93. The van der Waals surface area contributed by atoms with Crippen LogP contribution in [0.5, 0.6) is 0 Å². The summed E-state index contributed by atoms with van der Waals surface area (Å²) in [6.07, 6.45) is 1.59. The molecule has 2 heteroatoms. The zero-order chi connectivity index (χ0) is 12.1. The van der Waals surface area contributed by atoms with Crippen molar-refractivity contribution in [1.29, 1.82) is 0 Å². The quantitative estimate of drug-likeness (QED) is 0.836. The van der Waals surface area contributed by atoms with Gasteiger partial charge in [0.2, 0.25) is 0 Å². The van der Waals surface area contributed by atoms with Gasteiger partial charge in [-0.1, -0.05) is 54.6 Å². The minimum absolute atomic E-state index is 0.0757. The summed E-state index contributed by atoms with van der Waals surface area (Å²) in [5.41, 5.74) is 6.61. The van der Waals surface area contributed by atoms with E-state index in [0.29, 0.717) is 6.54 Å². The van der Waals surface area contributed by atoms with Gasteiger partial charge in [0.05, 0.1) is 6.10 Å². The van der Waals surface area contributed by atoms with Gasteiger partial charge in [-0.2, -0.15) is 0 Å². The van der Waals surface area contributed by atoms with Gasteiger partial charge >= 0.3 is 0 Å². The molecule has 1 aromatic rings. The lowest BCUT2D eigenvalue weighted by Gasteiger charge is -2.20. The van der Waals surface area contributed by atoms with E-state index in [0.717, 1.165) is 18.4 Å². The highest BCUT2D eigenvalue weighted by Gasteiger charge is 2.48.